The lowest BCUT2D eigenvalue weighted by Crippen LogP contribution is -1.38. The molecule has 0 radical (unpaired) electrons. The second-order valence-corrected chi connectivity index (χ2v) is 3.39. The molecular formula is H16Cl4O12P4. The van der Waals surface area contributed by atoms with E-state index in [2.05, 4.69) is 0 Å². The molecule has 20 heteroatoms. The number of halogens is 4. The van der Waals surface area contributed by atoms with E-state index in [1.807, 2.05) is 0 Å². The van der Waals surface area contributed by atoms with E-state index in [-0.39, 0.29) is 49.6 Å². The van der Waals surface area contributed by atoms with Crippen molar-refractivity contribution in [3.63, 3.8) is 0 Å². The van der Waals surface area contributed by atoms with E-state index in [0.29, 0.717) is 0 Å². The third kappa shape index (κ3) is 2250. The highest BCUT2D eigenvalue weighted by Crippen LogP contribution is 1.99. The second-order valence-electron chi connectivity index (χ2n) is 1.13. The third-order valence-corrected chi connectivity index (χ3v) is 0. The summed E-state index contributed by atoms with van der Waals surface area (Å²) in [6.07, 6.45) is 0. The summed E-state index contributed by atoms with van der Waals surface area (Å²) in [6, 6.07) is 0. The van der Waals surface area contributed by atoms with E-state index in [4.69, 9.17) is 57.4 Å². The fraction of sp³-hybridized carbons (Fsp3) is 0. The van der Waals surface area contributed by atoms with Crippen LogP contribution in [-0.2, 0) is 18.3 Å². The molecule has 0 fully saturated rings. The van der Waals surface area contributed by atoms with Crippen LogP contribution in [0.3, 0.4) is 0 Å². The van der Waals surface area contributed by atoms with Gasteiger partial charge in [-0.1, -0.05) is 0 Å². The molecule has 0 saturated heterocycles. The molecular weight excluding hydrogens is 458 g/mol. The average molecular weight is 474 g/mol. The molecule has 0 aromatic heterocycles. The van der Waals surface area contributed by atoms with Crippen molar-refractivity contribution < 1.29 is 57.4 Å². The van der Waals surface area contributed by atoms with Crippen LogP contribution in [0.5, 0.6) is 0 Å². The Bertz CT molecular complexity index is 167. The predicted octanol–water partition coefficient (Wildman–Crippen LogP) is -0.870. The van der Waals surface area contributed by atoms with Crippen molar-refractivity contribution in [3.05, 3.63) is 0 Å². The summed E-state index contributed by atoms with van der Waals surface area (Å²) in [4.78, 5) is 57.3. The minimum atomic E-state index is -3.13. The van der Waals surface area contributed by atoms with Crippen LogP contribution in [0.1, 0.15) is 0 Å². The van der Waals surface area contributed by atoms with Gasteiger partial charge in [-0.25, -0.2) is 0 Å². The Kier molecular flexibility index (Phi) is 106. The predicted molar refractivity (Wildman–Crippen MR) is 82.7 cm³/mol. The molecule has 0 rings (SSSR count). The van der Waals surface area contributed by atoms with Gasteiger partial charge in [-0.05, 0) is 0 Å². The van der Waals surface area contributed by atoms with Gasteiger partial charge in [-0.15, -0.1) is 49.6 Å². The molecule has 0 aromatic carbocycles. The van der Waals surface area contributed by atoms with E-state index < -0.39 is 33.0 Å². The van der Waals surface area contributed by atoms with Crippen molar-refractivity contribution in [1.82, 2.24) is 0 Å². The Morgan fingerprint density at radius 2 is 0.350 bits per heavy atom. The zero-order valence-corrected chi connectivity index (χ0v) is 16.1. The highest BCUT2D eigenvalue weighted by molar-refractivity contribution is 7.31. The van der Waals surface area contributed by atoms with Gasteiger partial charge in [0.2, 0.25) is 0 Å². The Morgan fingerprint density at radius 1 is 0.350 bits per heavy atom. The molecule has 12 nitrogen and oxygen atoms in total. The van der Waals surface area contributed by atoms with Crippen LogP contribution < -0.4 is 0 Å². The normalized spacial score (nSPS) is 7.00. The minimum Gasteiger partial charge on any atom is -0.326 e. The molecule has 0 saturated carbocycles. The maximum atomic E-state index is 8.74. The minimum absolute atomic E-state index is 0. The van der Waals surface area contributed by atoms with Crippen LogP contribution in [0.2, 0.25) is 0 Å². The van der Waals surface area contributed by atoms with Crippen molar-refractivity contribution in [3.8, 4) is 0 Å². The molecule has 0 aliphatic heterocycles. The molecule has 0 atom stereocenters. The maximum Gasteiger partial charge on any atom is 0.314 e. The van der Waals surface area contributed by atoms with Crippen molar-refractivity contribution in [2.24, 2.45) is 0 Å². The zero-order chi connectivity index (χ0) is 14.3. The lowest BCUT2D eigenvalue weighted by Gasteiger charge is -1.61. The largest absolute Gasteiger partial charge is 0.326 e. The van der Waals surface area contributed by atoms with Gasteiger partial charge in [0.15, 0.2) is 0 Å². The summed E-state index contributed by atoms with van der Waals surface area (Å²) in [6.45, 7) is 0. The van der Waals surface area contributed by atoms with E-state index in [1.165, 1.54) is 0 Å². The molecule has 0 spiro atoms. The van der Waals surface area contributed by atoms with Gasteiger partial charge in [-0.2, -0.15) is 0 Å². The highest BCUT2D eigenvalue weighted by Gasteiger charge is 1.62. The van der Waals surface area contributed by atoms with Gasteiger partial charge in [0, 0.05) is 0 Å². The van der Waals surface area contributed by atoms with E-state index in [1.54, 1.807) is 0 Å². The summed E-state index contributed by atoms with van der Waals surface area (Å²) < 4.78 is 35.0. The molecule has 0 aliphatic rings. The van der Waals surface area contributed by atoms with Crippen molar-refractivity contribution >= 4 is 82.6 Å². The molecule has 20 heavy (non-hydrogen) atoms. The number of hydrogen-bond acceptors (Lipinski definition) is 4. The van der Waals surface area contributed by atoms with E-state index in [9.17, 15) is 0 Å². The van der Waals surface area contributed by atoms with Crippen LogP contribution in [-0.4, -0.2) is 39.1 Å². The third-order valence-electron chi connectivity index (χ3n) is 0. The Labute approximate surface area is 140 Å². The summed E-state index contributed by atoms with van der Waals surface area (Å²) >= 11 is 0. The lowest BCUT2D eigenvalue weighted by molar-refractivity contribution is 0.403. The summed E-state index contributed by atoms with van der Waals surface area (Å²) in [5.41, 5.74) is 0. The van der Waals surface area contributed by atoms with Crippen molar-refractivity contribution in [2.75, 3.05) is 0 Å². The first-order valence-corrected chi connectivity index (χ1v) is 7.82. The lowest BCUT2D eigenvalue weighted by atomic mass is 15.8. The monoisotopic (exact) mass is 472 g/mol. The average Bonchev–Trinajstić information content (AvgIpc) is 1.76. The van der Waals surface area contributed by atoms with Gasteiger partial charge in [0.05, 0.1) is 0 Å². The van der Waals surface area contributed by atoms with Crippen LogP contribution in [0.15, 0.2) is 0 Å². The van der Waals surface area contributed by atoms with Crippen LogP contribution >= 0.6 is 82.6 Å². The molecule has 0 amide bonds. The van der Waals surface area contributed by atoms with Gasteiger partial charge in [0.25, 0.3) is 0 Å². The summed E-state index contributed by atoms with van der Waals surface area (Å²) in [7, 11) is -12.5. The molecule has 8 N–H and O–H groups in total. The van der Waals surface area contributed by atoms with Gasteiger partial charge < -0.3 is 39.1 Å². The highest BCUT2D eigenvalue weighted by atomic mass is 35.5. The first kappa shape index (κ1) is 49.5. The van der Waals surface area contributed by atoms with E-state index in [0.717, 1.165) is 0 Å². The quantitative estimate of drug-likeness (QED) is 0.201. The van der Waals surface area contributed by atoms with Crippen LogP contribution in [0, 0.1) is 0 Å². The molecule has 0 aliphatic carbocycles. The van der Waals surface area contributed by atoms with Crippen LogP contribution in [0.4, 0.5) is 0 Å². The standard InChI is InChI=1S/4ClH.4H3O3P/c;;;;4*1-4(2)3/h4*1H;4*4H,(H2,1,2,3). The first-order chi connectivity index (χ1) is 6.93. The van der Waals surface area contributed by atoms with Crippen molar-refractivity contribution in [2.45, 2.75) is 0 Å². The van der Waals surface area contributed by atoms with Gasteiger partial charge in [-0.3, -0.25) is 18.3 Å². The molecule has 0 bridgehead atoms. The zero-order valence-electron chi connectivity index (χ0n) is 8.84. The summed E-state index contributed by atoms with van der Waals surface area (Å²) in [5.74, 6) is 0. The number of hydrogen-bond donors (Lipinski definition) is 8. The van der Waals surface area contributed by atoms with Crippen LogP contribution in [0.25, 0.3) is 0 Å². The fourth-order valence-electron chi connectivity index (χ4n) is 0. The van der Waals surface area contributed by atoms with Crippen molar-refractivity contribution in [1.29, 1.82) is 0 Å². The summed E-state index contributed by atoms with van der Waals surface area (Å²) in [5, 5.41) is 0. The maximum absolute atomic E-state index is 8.74. The Balaban J connectivity index is -0.0000000150. The topological polar surface area (TPSA) is 230 Å². The smallest absolute Gasteiger partial charge is 0.314 e. The Morgan fingerprint density at radius 3 is 0.350 bits per heavy atom. The van der Waals surface area contributed by atoms with Gasteiger partial charge >= 0.3 is 33.0 Å². The Hall–Kier alpha value is 1.76. The molecule has 0 aromatic rings. The second kappa shape index (κ2) is 42.8. The van der Waals surface area contributed by atoms with E-state index >= 15 is 0 Å². The molecule has 0 heterocycles. The number of rotatable bonds is 0. The first-order valence-electron chi connectivity index (χ1n) is 2.61. The molecule has 0 unspecified atom stereocenters. The SMILES string of the molecule is Cl.Cl.Cl.Cl.O=[PH](O)O.O=[PH](O)O.O=[PH](O)O.O=[PH](O)O. The van der Waals surface area contributed by atoms with Gasteiger partial charge in [0.1, 0.15) is 0 Å². The fourth-order valence-corrected chi connectivity index (χ4v) is 0. The molecule has 136 valence electrons.